The van der Waals surface area contributed by atoms with E-state index >= 15 is 0 Å². The molecule has 14 heavy (non-hydrogen) atoms. The lowest BCUT2D eigenvalue weighted by Gasteiger charge is -2.27. The molecule has 0 atom stereocenters. The van der Waals surface area contributed by atoms with E-state index in [2.05, 4.69) is 13.2 Å². The Hall–Kier alpha value is -0.310. The Balaban J connectivity index is 3.77. The molecular formula is C11H19ClO2. The molecule has 0 N–H and O–H groups in total. The van der Waals surface area contributed by atoms with E-state index in [1.165, 1.54) is 0 Å². The largest absolute Gasteiger partial charge is 0.349 e. The van der Waals surface area contributed by atoms with Gasteiger partial charge in [-0.1, -0.05) is 12.2 Å². The third-order valence-corrected chi connectivity index (χ3v) is 2.19. The minimum absolute atomic E-state index is 0.321. The molecule has 0 unspecified atom stereocenters. The highest BCUT2D eigenvalue weighted by Crippen LogP contribution is 2.15. The molecule has 0 rings (SSSR count). The zero-order valence-corrected chi connectivity index (χ0v) is 9.55. The smallest absolute Gasteiger partial charge is 0.178 e. The SMILES string of the molecule is C=CCCOC(C)(CCl)OCCC=C. The molecule has 0 amide bonds. The van der Waals surface area contributed by atoms with Gasteiger partial charge in [0.05, 0.1) is 19.1 Å². The van der Waals surface area contributed by atoms with Gasteiger partial charge in [-0.25, -0.2) is 0 Å². The summed E-state index contributed by atoms with van der Waals surface area (Å²) in [6.45, 7) is 10.2. The second-order valence-corrected chi connectivity index (χ2v) is 3.39. The van der Waals surface area contributed by atoms with E-state index in [1.54, 1.807) is 12.2 Å². The van der Waals surface area contributed by atoms with Crippen LogP contribution < -0.4 is 0 Å². The molecule has 0 saturated carbocycles. The first-order chi connectivity index (χ1) is 6.68. The predicted molar refractivity (Wildman–Crippen MR) is 60.7 cm³/mol. The first kappa shape index (κ1) is 13.7. The molecule has 0 bridgehead atoms. The topological polar surface area (TPSA) is 18.5 Å². The van der Waals surface area contributed by atoms with Gasteiger partial charge in [-0.3, -0.25) is 0 Å². The van der Waals surface area contributed by atoms with Crippen molar-refractivity contribution in [1.82, 2.24) is 0 Å². The monoisotopic (exact) mass is 218 g/mol. The van der Waals surface area contributed by atoms with Gasteiger partial charge >= 0.3 is 0 Å². The van der Waals surface area contributed by atoms with Crippen LogP contribution in [0, 0.1) is 0 Å². The van der Waals surface area contributed by atoms with E-state index in [0.717, 1.165) is 12.8 Å². The minimum atomic E-state index is -0.687. The van der Waals surface area contributed by atoms with Crippen LogP contribution in [-0.2, 0) is 9.47 Å². The molecule has 0 aliphatic rings. The van der Waals surface area contributed by atoms with E-state index in [1.807, 2.05) is 6.92 Å². The van der Waals surface area contributed by atoms with Crippen LogP contribution in [0.5, 0.6) is 0 Å². The van der Waals surface area contributed by atoms with Crippen LogP contribution in [-0.4, -0.2) is 24.9 Å². The zero-order valence-electron chi connectivity index (χ0n) is 8.80. The quantitative estimate of drug-likeness (QED) is 0.256. The first-order valence-corrected chi connectivity index (χ1v) is 5.27. The van der Waals surface area contributed by atoms with Crippen LogP contribution >= 0.6 is 11.6 Å². The molecule has 0 aliphatic carbocycles. The van der Waals surface area contributed by atoms with Crippen molar-refractivity contribution in [2.24, 2.45) is 0 Å². The van der Waals surface area contributed by atoms with Gasteiger partial charge in [0.2, 0.25) is 0 Å². The van der Waals surface area contributed by atoms with E-state index in [0.29, 0.717) is 19.1 Å². The number of hydrogen-bond donors (Lipinski definition) is 0. The Morgan fingerprint density at radius 2 is 1.57 bits per heavy atom. The summed E-state index contributed by atoms with van der Waals surface area (Å²) in [4.78, 5) is 0. The molecule has 3 heteroatoms. The molecular weight excluding hydrogens is 200 g/mol. The maximum atomic E-state index is 5.76. The van der Waals surface area contributed by atoms with Gasteiger partial charge in [0.1, 0.15) is 0 Å². The van der Waals surface area contributed by atoms with Gasteiger partial charge in [-0.05, 0) is 19.8 Å². The third kappa shape index (κ3) is 6.19. The number of alkyl halides is 1. The fourth-order valence-electron chi connectivity index (χ4n) is 0.835. The zero-order chi connectivity index (χ0) is 10.9. The van der Waals surface area contributed by atoms with Gasteiger partial charge in [0, 0.05) is 0 Å². The normalized spacial score (nSPS) is 11.3. The fraction of sp³-hybridized carbons (Fsp3) is 0.636. The molecule has 82 valence electrons. The van der Waals surface area contributed by atoms with Crippen molar-refractivity contribution >= 4 is 11.6 Å². The summed E-state index contributed by atoms with van der Waals surface area (Å²) >= 11 is 5.76. The van der Waals surface area contributed by atoms with Gasteiger partial charge < -0.3 is 9.47 Å². The van der Waals surface area contributed by atoms with E-state index in [4.69, 9.17) is 21.1 Å². The van der Waals surface area contributed by atoms with Crippen molar-refractivity contribution < 1.29 is 9.47 Å². The standard InChI is InChI=1S/C11H19ClO2/c1-4-6-8-13-11(3,10-12)14-9-7-5-2/h4-5H,1-2,6-10H2,3H3. The molecule has 0 radical (unpaired) electrons. The van der Waals surface area contributed by atoms with Crippen LogP contribution in [0.25, 0.3) is 0 Å². The Bertz CT molecular complexity index is 155. The second-order valence-electron chi connectivity index (χ2n) is 3.12. The molecule has 0 spiro atoms. The fourth-order valence-corrected chi connectivity index (χ4v) is 0.989. The van der Waals surface area contributed by atoms with Crippen molar-refractivity contribution in [2.45, 2.75) is 25.6 Å². The summed E-state index contributed by atoms with van der Waals surface area (Å²) in [7, 11) is 0. The van der Waals surface area contributed by atoms with Crippen LogP contribution in [0.2, 0.25) is 0 Å². The number of ether oxygens (including phenoxy) is 2. The molecule has 0 aromatic carbocycles. The summed E-state index contributed by atoms with van der Waals surface area (Å²) in [6, 6.07) is 0. The summed E-state index contributed by atoms with van der Waals surface area (Å²) in [5.74, 6) is -0.366. The molecule has 0 saturated heterocycles. The Morgan fingerprint density at radius 3 is 1.86 bits per heavy atom. The maximum Gasteiger partial charge on any atom is 0.178 e. The Labute approximate surface area is 91.5 Å². The first-order valence-electron chi connectivity index (χ1n) is 4.74. The van der Waals surface area contributed by atoms with E-state index in [-0.39, 0.29) is 0 Å². The lowest BCUT2D eigenvalue weighted by molar-refractivity contribution is -0.208. The van der Waals surface area contributed by atoms with E-state index in [9.17, 15) is 0 Å². The van der Waals surface area contributed by atoms with Crippen molar-refractivity contribution in [3.8, 4) is 0 Å². The van der Waals surface area contributed by atoms with Crippen molar-refractivity contribution in [1.29, 1.82) is 0 Å². The van der Waals surface area contributed by atoms with Crippen LogP contribution in [0.1, 0.15) is 19.8 Å². The maximum absolute atomic E-state index is 5.76. The van der Waals surface area contributed by atoms with Crippen LogP contribution in [0.3, 0.4) is 0 Å². The highest BCUT2D eigenvalue weighted by atomic mass is 35.5. The van der Waals surface area contributed by atoms with Crippen LogP contribution in [0.4, 0.5) is 0 Å². The summed E-state index contributed by atoms with van der Waals surface area (Å²) in [5.41, 5.74) is 0. The third-order valence-electron chi connectivity index (χ3n) is 1.70. The molecule has 0 aromatic rings. The molecule has 0 heterocycles. The predicted octanol–water partition coefficient (Wildman–Crippen LogP) is 3.13. The molecule has 0 aliphatic heterocycles. The molecule has 0 aromatic heterocycles. The highest BCUT2D eigenvalue weighted by Gasteiger charge is 2.23. The Morgan fingerprint density at radius 1 is 1.14 bits per heavy atom. The van der Waals surface area contributed by atoms with Crippen molar-refractivity contribution in [3.63, 3.8) is 0 Å². The van der Waals surface area contributed by atoms with Gasteiger partial charge in [-0.15, -0.1) is 24.8 Å². The summed E-state index contributed by atoms with van der Waals surface area (Å²) < 4.78 is 11.0. The van der Waals surface area contributed by atoms with Crippen molar-refractivity contribution in [3.05, 3.63) is 25.3 Å². The van der Waals surface area contributed by atoms with E-state index < -0.39 is 5.79 Å². The Kier molecular flexibility index (Phi) is 7.86. The second kappa shape index (κ2) is 8.04. The van der Waals surface area contributed by atoms with Gasteiger partial charge in [0.25, 0.3) is 0 Å². The highest BCUT2D eigenvalue weighted by molar-refractivity contribution is 6.18. The number of rotatable bonds is 9. The summed E-state index contributed by atoms with van der Waals surface area (Å²) in [6.07, 6.45) is 5.21. The van der Waals surface area contributed by atoms with Crippen molar-refractivity contribution in [2.75, 3.05) is 19.1 Å². The molecule has 0 fully saturated rings. The summed E-state index contributed by atoms with van der Waals surface area (Å²) in [5, 5.41) is 0. The van der Waals surface area contributed by atoms with Gasteiger partial charge in [0.15, 0.2) is 5.79 Å². The molecule has 2 nitrogen and oxygen atoms in total. The lowest BCUT2D eigenvalue weighted by atomic mass is 10.3. The number of halogens is 1. The average Bonchev–Trinajstić information content (AvgIpc) is 2.19. The average molecular weight is 219 g/mol. The van der Waals surface area contributed by atoms with Gasteiger partial charge in [-0.2, -0.15) is 0 Å². The number of hydrogen-bond acceptors (Lipinski definition) is 2. The lowest BCUT2D eigenvalue weighted by Crippen LogP contribution is -2.35. The van der Waals surface area contributed by atoms with Crippen LogP contribution in [0.15, 0.2) is 25.3 Å². The minimum Gasteiger partial charge on any atom is -0.349 e.